The molecule has 0 saturated carbocycles. The molecule has 0 aliphatic carbocycles. The second kappa shape index (κ2) is 7.65. The summed E-state index contributed by atoms with van der Waals surface area (Å²) < 4.78 is 59.9. The Morgan fingerprint density at radius 3 is 2.55 bits per heavy atom. The third-order valence-corrected chi connectivity index (χ3v) is 5.88. The number of benzene rings is 2. The van der Waals surface area contributed by atoms with E-state index in [1.807, 2.05) is 4.90 Å². The van der Waals surface area contributed by atoms with Gasteiger partial charge < -0.3 is 10.5 Å². The summed E-state index contributed by atoms with van der Waals surface area (Å²) in [5.41, 5.74) is 6.32. The van der Waals surface area contributed by atoms with Crippen molar-refractivity contribution in [3.63, 3.8) is 0 Å². The maximum absolute atomic E-state index is 14.7. The fourth-order valence-corrected chi connectivity index (χ4v) is 4.55. The molecule has 2 aliphatic rings. The number of hydrogen-bond acceptors (Lipinski definition) is 4. The molecule has 0 aromatic heterocycles. The van der Waals surface area contributed by atoms with Crippen LogP contribution in [0.2, 0.25) is 0 Å². The van der Waals surface area contributed by atoms with Gasteiger partial charge in [0.05, 0.1) is 5.56 Å². The summed E-state index contributed by atoms with van der Waals surface area (Å²) in [5.74, 6) is -1.77. The summed E-state index contributed by atoms with van der Waals surface area (Å²) in [6, 6.07) is 8.12. The molecule has 2 aliphatic heterocycles. The lowest BCUT2D eigenvalue weighted by Crippen LogP contribution is -2.36. The number of halogens is 4. The van der Waals surface area contributed by atoms with Crippen molar-refractivity contribution in [3.05, 3.63) is 53.1 Å². The van der Waals surface area contributed by atoms with E-state index in [0.29, 0.717) is 0 Å². The molecular formula is C21H19F4N3O. The van der Waals surface area contributed by atoms with Gasteiger partial charge in [-0.05, 0) is 49.1 Å². The molecule has 2 bridgehead atoms. The molecule has 2 aromatic carbocycles. The summed E-state index contributed by atoms with van der Waals surface area (Å²) in [7, 11) is 0. The molecule has 29 heavy (non-hydrogen) atoms. The fourth-order valence-electron chi connectivity index (χ4n) is 4.55. The minimum atomic E-state index is -3.17. The van der Waals surface area contributed by atoms with Gasteiger partial charge in [0.1, 0.15) is 23.5 Å². The Labute approximate surface area is 165 Å². The van der Waals surface area contributed by atoms with E-state index in [0.717, 1.165) is 31.4 Å². The van der Waals surface area contributed by atoms with Crippen LogP contribution in [0.4, 0.5) is 17.6 Å². The molecule has 2 heterocycles. The number of alkyl halides is 2. The Balaban J connectivity index is 1.78. The van der Waals surface area contributed by atoms with Crippen LogP contribution in [0.3, 0.4) is 0 Å². The zero-order chi connectivity index (χ0) is 20.7. The van der Waals surface area contributed by atoms with Gasteiger partial charge in [-0.2, -0.15) is 14.0 Å². The van der Waals surface area contributed by atoms with Crippen LogP contribution in [0.1, 0.15) is 30.4 Å². The second-order valence-electron chi connectivity index (χ2n) is 7.46. The summed E-state index contributed by atoms with van der Waals surface area (Å²) >= 11 is 0. The van der Waals surface area contributed by atoms with E-state index >= 15 is 0 Å². The van der Waals surface area contributed by atoms with Gasteiger partial charge in [0.15, 0.2) is 0 Å². The third kappa shape index (κ3) is 3.56. The Hall–Kier alpha value is -2.63. The van der Waals surface area contributed by atoms with E-state index in [4.69, 9.17) is 15.7 Å². The first-order valence-electron chi connectivity index (χ1n) is 9.36. The van der Waals surface area contributed by atoms with Crippen molar-refractivity contribution >= 4 is 0 Å². The number of nitrogens with zero attached hydrogens (tertiary/aromatic N) is 2. The monoisotopic (exact) mass is 405 g/mol. The minimum absolute atomic E-state index is 0.00133. The molecule has 8 heteroatoms. The van der Waals surface area contributed by atoms with Crippen molar-refractivity contribution < 1.29 is 22.3 Å². The summed E-state index contributed by atoms with van der Waals surface area (Å²) in [4.78, 5) is 2.05. The molecule has 4 nitrogen and oxygen atoms in total. The molecule has 2 N–H and O–H groups in total. The lowest BCUT2D eigenvalue weighted by molar-refractivity contribution is -0.0506. The molecule has 0 unspecified atom stereocenters. The zero-order valence-corrected chi connectivity index (χ0v) is 15.4. The molecule has 0 amide bonds. The van der Waals surface area contributed by atoms with Gasteiger partial charge >= 0.3 is 6.61 Å². The average Bonchev–Trinajstić information content (AvgIpc) is 3.19. The molecular weight excluding hydrogens is 386 g/mol. The molecule has 2 fully saturated rings. The second-order valence-corrected chi connectivity index (χ2v) is 7.46. The lowest BCUT2D eigenvalue weighted by atomic mass is 9.96. The maximum atomic E-state index is 14.7. The Morgan fingerprint density at radius 2 is 1.97 bits per heavy atom. The van der Waals surface area contributed by atoms with Crippen LogP contribution in [0, 0.1) is 23.0 Å². The average molecular weight is 405 g/mol. The van der Waals surface area contributed by atoms with Crippen molar-refractivity contribution in [1.29, 1.82) is 5.26 Å². The first kappa shape index (κ1) is 19.7. The highest BCUT2D eigenvalue weighted by Crippen LogP contribution is 2.42. The first-order chi connectivity index (χ1) is 13.9. The van der Waals surface area contributed by atoms with Crippen LogP contribution in [0.15, 0.2) is 30.3 Å². The van der Waals surface area contributed by atoms with E-state index < -0.39 is 18.2 Å². The van der Waals surface area contributed by atoms with Gasteiger partial charge in [-0.1, -0.05) is 6.07 Å². The van der Waals surface area contributed by atoms with Crippen molar-refractivity contribution in [1.82, 2.24) is 4.90 Å². The smallest absolute Gasteiger partial charge is 0.387 e. The van der Waals surface area contributed by atoms with Crippen molar-refractivity contribution in [2.45, 2.75) is 50.5 Å². The number of rotatable bonds is 5. The highest BCUT2D eigenvalue weighted by Gasteiger charge is 2.45. The summed E-state index contributed by atoms with van der Waals surface area (Å²) in [6.07, 6.45) is 2.61. The van der Waals surface area contributed by atoms with Gasteiger partial charge in [0.2, 0.25) is 0 Å². The van der Waals surface area contributed by atoms with E-state index in [1.54, 1.807) is 6.07 Å². The Bertz CT molecular complexity index is 975. The van der Waals surface area contributed by atoms with Crippen LogP contribution in [-0.4, -0.2) is 29.6 Å². The molecule has 2 saturated heterocycles. The van der Waals surface area contributed by atoms with Crippen LogP contribution in [0.5, 0.6) is 5.75 Å². The van der Waals surface area contributed by atoms with Crippen LogP contribution in [-0.2, 0) is 6.54 Å². The molecule has 0 spiro atoms. The quantitative estimate of drug-likeness (QED) is 0.759. The van der Waals surface area contributed by atoms with Gasteiger partial charge in [-0.25, -0.2) is 8.78 Å². The van der Waals surface area contributed by atoms with E-state index in [1.165, 1.54) is 18.2 Å². The molecule has 0 radical (unpaired) electrons. The zero-order valence-electron chi connectivity index (χ0n) is 15.4. The van der Waals surface area contributed by atoms with E-state index in [2.05, 4.69) is 0 Å². The van der Waals surface area contributed by atoms with Gasteiger partial charge in [-0.15, -0.1) is 0 Å². The van der Waals surface area contributed by atoms with E-state index in [9.17, 15) is 17.6 Å². The minimum Gasteiger partial charge on any atom is -0.434 e. The van der Waals surface area contributed by atoms with Crippen molar-refractivity contribution in [3.8, 4) is 22.9 Å². The van der Waals surface area contributed by atoms with Gasteiger partial charge in [-0.3, -0.25) is 4.90 Å². The SMILES string of the molecule is N#Cc1ccc(-c2ccc(F)c(CN3[C@H]4CC[C@@H]3[C@H](N)C4)c2OC(F)F)cc1F. The van der Waals surface area contributed by atoms with Crippen LogP contribution < -0.4 is 10.5 Å². The predicted molar refractivity (Wildman–Crippen MR) is 98.1 cm³/mol. The standard InChI is InChI=1S/C21H19F4N3O/c22-16-5-4-14(11-1-2-12(9-26)17(23)7-11)20(29-21(24)25)15(16)10-28-13-3-6-19(28)18(27)8-13/h1-2,4-5,7,13,18-19,21H,3,6,8,10,27H2/t13-,18+,19+/m0/s1. The number of fused-ring (bicyclic) bond motifs is 2. The predicted octanol–water partition coefficient (Wildman–Crippen LogP) is 4.17. The molecule has 4 rings (SSSR count). The summed E-state index contributed by atoms with van der Waals surface area (Å²) in [5, 5.41) is 8.89. The molecule has 152 valence electrons. The highest BCUT2D eigenvalue weighted by atomic mass is 19.3. The van der Waals surface area contributed by atoms with Crippen LogP contribution in [0.25, 0.3) is 11.1 Å². The van der Waals surface area contributed by atoms with Gasteiger partial charge in [0, 0.05) is 35.8 Å². The number of nitriles is 1. The van der Waals surface area contributed by atoms with E-state index in [-0.39, 0.29) is 52.7 Å². The maximum Gasteiger partial charge on any atom is 0.387 e. The number of hydrogen-bond donors (Lipinski definition) is 1. The topological polar surface area (TPSA) is 62.3 Å². The third-order valence-electron chi connectivity index (χ3n) is 5.88. The lowest BCUT2D eigenvalue weighted by Gasteiger charge is -2.25. The van der Waals surface area contributed by atoms with Crippen molar-refractivity contribution in [2.24, 2.45) is 5.73 Å². The largest absolute Gasteiger partial charge is 0.434 e. The van der Waals surface area contributed by atoms with Crippen LogP contribution >= 0.6 is 0 Å². The number of ether oxygens (including phenoxy) is 1. The fraction of sp³-hybridized carbons (Fsp3) is 0.381. The number of nitrogens with two attached hydrogens (primary N) is 1. The normalized spacial score (nSPS) is 23.6. The first-order valence-corrected chi connectivity index (χ1v) is 9.36. The van der Waals surface area contributed by atoms with Gasteiger partial charge in [0.25, 0.3) is 0 Å². The highest BCUT2D eigenvalue weighted by molar-refractivity contribution is 5.73. The molecule has 3 atom stereocenters. The Morgan fingerprint density at radius 1 is 1.17 bits per heavy atom. The molecule has 2 aromatic rings. The van der Waals surface area contributed by atoms with Crippen molar-refractivity contribution in [2.75, 3.05) is 0 Å². The Kier molecular flexibility index (Phi) is 5.19. The summed E-state index contributed by atoms with van der Waals surface area (Å²) in [6.45, 7) is -3.08.